The smallest absolute Gasteiger partial charge is 0.226 e. The zero-order valence-corrected chi connectivity index (χ0v) is 13.6. The first-order valence-corrected chi connectivity index (χ1v) is 9.18. The van der Waals surface area contributed by atoms with Crippen LogP contribution in [-0.4, -0.2) is 36.3 Å². The summed E-state index contributed by atoms with van der Waals surface area (Å²) in [7, 11) is -3.19. The first-order chi connectivity index (χ1) is 10.2. The molecule has 0 saturated carbocycles. The second-order valence-corrected chi connectivity index (χ2v) is 8.01. The number of aromatic nitrogens is 2. The number of carbonyl (C=O) groups excluding carboxylic acids is 1. The van der Waals surface area contributed by atoms with Crippen molar-refractivity contribution in [1.29, 1.82) is 0 Å². The average molecular weight is 343 g/mol. The molecule has 0 unspecified atom stereocenters. The molecule has 0 fully saturated rings. The molecular weight excluding hydrogens is 329 g/mol. The van der Waals surface area contributed by atoms with Crippen LogP contribution in [0.3, 0.4) is 0 Å². The van der Waals surface area contributed by atoms with Crippen molar-refractivity contribution in [3.63, 3.8) is 0 Å². The van der Waals surface area contributed by atoms with Crippen molar-refractivity contribution in [3.8, 4) is 10.6 Å². The van der Waals surface area contributed by atoms with Crippen molar-refractivity contribution in [2.75, 3.05) is 17.3 Å². The number of pyridine rings is 1. The lowest BCUT2D eigenvalue weighted by Gasteiger charge is -2.02. The third kappa shape index (κ3) is 4.57. The number of anilines is 1. The fraction of sp³-hybridized carbons (Fsp3) is 0.308. The Hall–Kier alpha value is -1.87. The van der Waals surface area contributed by atoms with E-state index in [1.807, 2.05) is 0 Å². The zero-order valence-electron chi connectivity index (χ0n) is 12.0. The maximum atomic E-state index is 13.2. The van der Waals surface area contributed by atoms with Gasteiger partial charge in [-0.05, 0) is 13.0 Å². The molecule has 2 rings (SSSR count). The number of nitrogens with one attached hydrogen (secondary N) is 1. The normalized spacial score (nSPS) is 11.4. The van der Waals surface area contributed by atoms with Gasteiger partial charge >= 0.3 is 0 Å². The topological polar surface area (TPSA) is 89.0 Å². The van der Waals surface area contributed by atoms with E-state index in [-0.39, 0.29) is 12.2 Å². The molecule has 0 atom stereocenters. The fourth-order valence-corrected chi connectivity index (χ4v) is 3.15. The average Bonchev–Trinajstić information content (AvgIpc) is 2.77. The molecule has 0 radical (unpaired) electrons. The number of amides is 1. The van der Waals surface area contributed by atoms with E-state index < -0.39 is 21.6 Å². The molecule has 6 nitrogen and oxygen atoms in total. The van der Waals surface area contributed by atoms with Crippen LogP contribution in [0.1, 0.15) is 12.1 Å². The second kappa shape index (κ2) is 6.49. The van der Waals surface area contributed by atoms with Crippen molar-refractivity contribution in [1.82, 2.24) is 9.97 Å². The summed E-state index contributed by atoms with van der Waals surface area (Å²) >= 11 is 1.18. The predicted molar refractivity (Wildman–Crippen MR) is 83.0 cm³/mol. The highest BCUT2D eigenvalue weighted by atomic mass is 32.2. The quantitative estimate of drug-likeness (QED) is 0.897. The highest BCUT2D eigenvalue weighted by Crippen LogP contribution is 2.31. The number of hydrogen-bond acceptors (Lipinski definition) is 6. The van der Waals surface area contributed by atoms with Gasteiger partial charge in [-0.1, -0.05) is 11.3 Å². The third-order valence-corrected chi connectivity index (χ3v) is 4.77. The maximum absolute atomic E-state index is 13.2. The summed E-state index contributed by atoms with van der Waals surface area (Å²) in [6.07, 6.45) is 3.54. The molecular formula is C13H14FN3O3S2. The number of carbonyl (C=O) groups is 1. The summed E-state index contributed by atoms with van der Waals surface area (Å²) in [6.45, 7) is 1.71. The van der Waals surface area contributed by atoms with Crippen LogP contribution in [-0.2, 0) is 14.6 Å². The highest BCUT2D eigenvalue weighted by molar-refractivity contribution is 7.90. The van der Waals surface area contributed by atoms with Crippen molar-refractivity contribution in [2.45, 2.75) is 13.3 Å². The summed E-state index contributed by atoms with van der Waals surface area (Å²) in [5.41, 5.74) is 1.10. The Morgan fingerprint density at radius 1 is 1.41 bits per heavy atom. The van der Waals surface area contributed by atoms with E-state index in [2.05, 4.69) is 15.3 Å². The number of sulfone groups is 1. The van der Waals surface area contributed by atoms with Gasteiger partial charge in [0.25, 0.3) is 0 Å². The van der Waals surface area contributed by atoms with Gasteiger partial charge in [-0.25, -0.2) is 17.8 Å². The lowest BCUT2D eigenvalue weighted by atomic mass is 10.3. The molecule has 2 aromatic heterocycles. The van der Waals surface area contributed by atoms with E-state index >= 15 is 0 Å². The van der Waals surface area contributed by atoms with Crippen LogP contribution in [0.15, 0.2) is 18.5 Å². The molecule has 1 amide bonds. The molecule has 0 aliphatic carbocycles. The number of halogens is 1. The Balaban J connectivity index is 2.12. The largest absolute Gasteiger partial charge is 0.316 e. The Kier molecular flexibility index (Phi) is 4.87. The Labute approximate surface area is 131 Å². The van der Waals surface area contributed by atoms with Gasteiger partial charge in [-0.2, -0.15) is 0 Å². The van der Waals surface area contributed by atoms with Crippen LogP contribution in [0, 0.1) is 12.7 Å². The summed E-state index contributed by atoms with van der Waals surface area (Å²) in [6, 6.07) is 1.31. The fourth-order valence-electron chi connectivity index (χ4n) is 1.63. The van der Waals surface area contributed by atoms with E-state index in [1.165, 1.54) is 23.6 Å². The summed E-state index contributed by atoms with van der Waals surface area (Å²) < 4.78 is 35.3. The van der Waals surface area contributed by atoms with Crippen molar-refractivity contribution >= 4 is 32.1 Å². The van der Waals surface area contributed by atoms with Crippen molar-refractivity contribution in [3.05, 3.63) is 30.0 Å². The van der Waals surface area contributed by atoms with Gasteiger partial charge in [0, 0.05) is 24.4 Å². The molecule has 0 spiro atoms. The summed E-state index contributed by atoms with van der Waals surface area (Å²) in [5.74, 6) is -1.08. The minimum atomic E-state index is -3.19. The first-order valence-electron chi connectivity index (χ1n) is 6.30. The zero-order chi connectivity index (χ0) is 16.3. The molecule has 2 heterocycles. The van der Waals surface area contributed by atoms with Crippen LogP contribution in [0.2, 0.25) is 0 Å². The SMILES string of the molecule is Cc1nc(-c2cncc(F)c2)sc1NC(=O)CCS(C)(=O)=O. The Morgan fingerprint density at radius 3 is 2.77 bits per heavy atom. The molecule has 9 heteroatoms. The standard InChI is InChI=1S/C13H14FN3O3S2/c1-8-12(17-11(18)3-4-22(2,19)20)21-13(16-8)9-5-10(14)7-15-6-9/h5-7H,3-4H2,1-2H3,(H,17,18). The van der Waals surface area contributed by atoms with Gasteiger partial charge in [-0.15, -0.1) is 0 Å². The van der Waals surface area contributed by atoms with Crippen molar-refractivity contribution < 1.29 is 17.6 Å². The molecule has 1 N–H and O–H groups in total. The van der Waals surface area contributed by atoms with Gasteiger partial charge in [0.05, 0.1) is 17.6 Å². The third-order valence-electron chi connectivity index (χ3n) is 2.70. The van der Waals surface area contributed by atoms with E-state index in [4.69, 9.17) is 0 Å². The van der Waals surface area contributed by atoms with Gasteiger partial charge in [0.2, 0.25) is 5.91 Å². The number of nitrogens with zero attached hydrogens (tertiary/aromatic N) is 2. The van der Waals surface area contributed by atoms with E-state index in [0.29, 0.717) is 21.3 Å². The van der Waals surface area contributed by atoms with Gasteiger partial charge in [0.15, 0.2) is 0 Å². The molecule has 22 heavy (non-hydrogen) atoms. The number of aryl methyl sites for hydroxylation is 1. The van der Waals surface area contributed by atoms with E-state index in [1.54, 1.807) is 6.92 Å². The maximum Gasteiger partial charge on any atom is 0.226 e. The Morgan fingerprint density at radius 2 is 2.14 bits per heavy atom. The van der Waals surface area contributed by atoms with Crippen molar-refractivity contribution in [2.24, 2.45) is 0 Å². The summed E-state index contributed by atoms with van der Waals surface area (Å²) in [5, 5.41) is 3.67. The number of rotatable bonds is 5. The van der Waals surface area contributed by atoms with Gasteiger partial charge < -0.3 is 5.32 Å². The predicted octanol–water partition coefficient (Wildman–Crippen LogP) is 2.03. The number of thiazole rings is 1. The Bertz CT molecular complexity index is 803. The first kappa shape index (κ1) is 16.5. The lowest BCUT2D eigenvalue weighted by molar-refractivity contribution is -0.115. The van der Waals surface area contributed by atoms with Crippen LogP contribution in [0.5, 0.6) is 0 Å². The van der Waals surface area contributed by atoms with Crippen LogP contribution < -0.4 is 5.32 Å². The van der Waals surface area contributed by atoms with Gasteiger partial charge in [0.1, 0.15) is 25.7 Å². The molecule has 0 saturated heterocycles. The van der Waals surface area contributed by atoms with Gasteiger partial charge in [-0.3, -0.25) is 9.78 Å². The summed E-state index contributed by atoms with van der Waals surface area (Å²) in [4.78, 5) is 19.8. The molecule has 2 aromatic rings. The van der Waals surface area contributed by atoms with E-state index in [0.717, 1.165) is 12.5 Å². The molecule has 118 valence electrons. The lowest BCUT2D eigenvalue weighted by Crippen LogP contribution is -2.16. The number of hydrogen-bond donors (Lipinski definition) is 1. The van der Waals surface area contributed by atoms with Crippen LogP contribution in [0.4, 0.5) is 9.39 Å². The molecule has 0 aliphatic rings. The monoisotopic (exact) mass is 343 g/mol. The minimum Gasteiger partial charge on any atom is -0.316 e. The molecule has 0 aromatic carbocycles. The van der Waals surface area contributed by atoms with Crippen LogP contribution in [0.25, 0.3) is 10.6 Å². The second-order valence-electron chi connectivity index (χ2n) is 4.75. The van der Waals surface area contributed by atoms with Crippen LogP contribution >= 0.6 is 11.3 Å². The van der Waals surface area contributed by atoms with E-state index in [9.17, 15) is 17.6 Å². The minimum absolute atomic E-state index is 0.118. The molecule has 0 aliphatic heterocycles. The molecule has 0 bridgehead atoms. The highest BCUT2D eigenvalue weighted by Gasteiger charge is 2.14.